The molecular weight excluding hydrogens is 371 g/mol. The molecule has 1 fully saturated rings. The monoisotopic (exact) mass is 408 g/mol. The number of benzene rings is 1. The molecule has 0 radical (unpaired) electrons. The van der Waals surface area contributed by atoms with E-state index in [4.69, 9.17) is 14.5 Å². The Hall–Kier alpha value is -1.70. The number of nitrogens with zero attached hydrogens (tertiary/aromatic N) is 3. The fraction of sp³-hybridized carbons (Fsp3) is 0.682. The fourth-order valence-corrected chi connectivity index (χ4v) is 3.47. The lowest BCUT2D eigenvalue weighted by Crippen LogP contribution is -2.51. The van der Waals surface area contributed by atoms with Crippen molar-refractivity contribution >= 4 is 5.96 Å². The number of nitrogens with one attached hydrogen (secondary N) is 1. The molecule has 3 unspecified atom stereocenters. The zero-order valence-electron chi connectivity index (χ0n) is 18.5. The maximum atomic E-state index is 13.3. The van der Waals surface area contributed by atoms with E-state index >= 15 is 0 Å². The first kappa shape index (κ1) is 23.6. The van der Waals surface area contributed by atoms with Crippen LogP contribution in [0.5, 0.6) is 0 Å². The van der Waals surface area contributed by atoms with Crippen molar-refractivity contribution in [1.82, 2.24) is 15.1 Å². The molecule has 1 N–H and O–H groups in total. The summed E-state index contributed by atoms with van der Waals surface area (Å²) in [6.45, 7) is 10.7. The van der Waals surface area contributed by atoms with E-state index in [-0.39, 0.29) is 24.1 Å². The van der Waals surface area contributed by atoms with Crippen LogP contribution in [0.3, 0.4) is 0 Å². The SMILES string of the molecule is CCNC(=NCC(CCN(C)C)OCC)N1CC(C)OC(c2ccc(F)cc2)C1. The number of aliphatic imine (C=N–C) groups is 1. The van der Waals surface area contributed by atoms with Crippen molar-refractivity contribution < 1.29 is 13.9 Å². The molecule has 1 aromatic rings. The van der Waals surface area contributed by atoms with Crippen LogP contribution >= 0.6 is 0 Å². The number of guanidine groups is 1. The molecule has 0 aliphatic carbocycles. The van der Waals surface area contributed by atoms with Gasteiger partial charge in [0, 0.05) is 26.2 Å². The number of halogens is 1. The first-order chi connectivity index (χ1) is 13.9. The quantitative estimate of drug-likeness (QED) is 0.503. The maximum Gasteiger partial charge on any atom is 0.194 e. The van der Waals surface area contributed by atoms with Gasteiger partial charge in [-0.25, -0.2) is 4.39 Å². The molecular formula is C22H37FN4O2. The third-order valence-corrected chi connectivity index (χ3v) is 4.88. The van der Waals surface area contributed by atoms with Gasteiger partial charge >= 0.3 is 0 Å². The highest BCUT2D eigenvalue weighted by Crippen LogP contribution is 2.25. The van der Waals surface area contributed by atoms with Crippen LogP contribution in [0.1, 0.15) is 38.9 Å². The van der Waals surface area contributed by atoms with E-state index in [0.29, 0.717) is 19.7 Å². The van der Waals surface area contributed by atoms with Crippen molar-refractivity contribution in [2.75, 3.05) is 53.4 Å². The number of hydrogen-bond acceptors (Lipinski definition) is 4. The molecule has 164 valence electrons. The predicted molar refractivity (Wildman–Crippen MR) is 116 cm³/mol. The Morgan fingerprint density at radius 3 is 2.66 bits per heavy atom. The second-order valence-corrected chi connectivity index (χ2v) is 7.76. The molecule has 3 atom stereocenters. The van der Waals surface area contributed by atoms with E-state index in [1.54, 1.807) is 12.1 Å². The highest BCUT2D eigenvalue weighted by atomic mass is 19.1. The Labute approximate surface area is 175 Å². The van der Waals surface area contributed by atoms with Crippen molar-refractivity contribution in [2.45, 2.75) is 45.5 Å². The van der Waals surface area contributed by atoms with Crippen LogP contribution in [-0.4, -0.2) is 81.4 Å². The second-order valence-electron chi connectivity index (χ2n) is 7.76. The van der Waals surface area contributed by atoms with Crippen molar-refractivity contribution in [3.05, 3.63) is 35.6 Å². The van der Waals surface area contributed by atoms with Crippen LogP contribution in [0.4, 0.5) is 4.39 Å². The van der Waals surface area contributed by atoms with Crippen LogP contribution in [0.15, 0.2) is 29.3 Å². The third kappa shape index (κ3) is 7.91. The van der Waals surface area contributed by atoms with Gasteiger partial charge in [0.25, 0.3) is 0 Å². The van der Waals surface area contributed by atoms with Crippen LogP contribution < -0.4 is 5.32 Å². The smallest absolute Gasteiger partial charge is 0.194 e. The molecule has 1 aliphatic rings. The molecule has 1 saturated heterocycles. The lowest BCUT2D eigenvalue weighted by Gasteiger charge is -2.39. The Morgan fingerprint density at radius 1 is 1.31 bits per heavy atom. The highest BCUT2D eigenvalue weighted by molar-refractivity contribution is 5.80. The van der Waals surface area contributed by atoms with Gasteiger partial charge in [-0.15, -0.1) is 0 Å². The summed E-state index contributed by atoms with van der Waals surface area (Å²) in [4.78, 5) is 9.28. The molecule has 0 amide bonds. The Kier molecular flexibility index (Phi) is 9.84. The number of hydrogen-bond donors (Lipinski definition) is 1. The molecule has 0 spiro atoms. The van der Waals surface area contributed by atoms with Crippen molar-refractivity contribution in [1.29, 1.82) is 0 Å². The molecule has 1 aromatic carbocycles. The van der Waals surface area contributed by atoms with Crippen molar-refractivity contribution in [3.63, 3.8) is 0 Å². The van der Waals surface area contributed by atoms with Gasteiger partial charge in [-0.05, 0) is 59.0 Å². The number of rotatable bonds is 9. The van der Waals surface area contributed by atoms with E-state index in [9.17, 15) is 4.39 Å². The van der Waals surface area contributed by atoms with Crippen molar-refractivity contribution in [3.8, 4) is 0 Å². The normalized spacial score (nSPS) is 21.5. The summed E-state index contributed by atoms with van der Waals surface area (Å²) in [5.41, 5.74) is 0.983. The largest absolute Gasteiger partial charge is 0.377 e. The molecule has 7 heteroatoms. The lowest BCUT2D eigenvalue weighted by molar-refractivity contribution is -0.0605. The molecule has 29 heavy (non-hydrogen) atoms. The Balaban J connectivity index is 2.09. The second kappa shape index (κ2) is 12.1. The Bertz CT molecular complexity index is 624. The molecule has 0 bridgehead atoms. The van der Waals surface area contributed by atoms with Crippen LogP contribution in [-0.2, 0) is 9.47 Å². The summed E-state index contributed by atoms with van der Waals surface area (Å²) in [7, 11) is 4.14. The fourth-order valence-electron chi connectivity index (χ4n) is 3.47. The van der Waals surface area contributed by atoms with E-state index < -0.39 is 0 Å². The van der Waals surface area contributed by atoms with E-state index in [0.717, 1.165) is 37.6 Å². The minimum Gasteiger partial charge on any atom is -0.377 e. The van der Waals surface area contributed by atoms with Gasteiger partial charge in [0.15, 0.2) is 5.96 Å². The summed E-state index contributed by atoms with van der Waals surface area (Å²) in [5, 5.41) is 3.41. The van der Waals surface area contributed by atoms with Gasteiger partial charge in [0.05, 0.1) is 25.3 Å². The highest BCUT2D eigenvalue weighted by Gasteiger charge is 2.28. The van der Waals surface area contributed by atoms with Crippen LogP contribution in [0.2, 0.25) is 0 Å². The summed E-state index contributed by atoms with van der Waals surface area (Å²) in [6, 6.07) is 6.57. The average molecular weight is 409 g/mol. The summed E-state index contributed by atoms with van der Waals surface area (Å²) < 4.78 is 25.3. The maximum absolute atomic E-state index is 13.3. The minimum atomic E-state index is -0.232. The zero-order valence-corrected chi connectivity index (χ0v) is 18.5. The molecule has 0 aromatic heterocycles. The topological polar surface area (TPSA) is 49.3 Å². The standard InChI is InChI=1S/C22H37FN4O2/c1-6-24-22(25-14-20(28-7-2)12-13-26(4)5)27-15-17(3)29-21(16-27)18-8-10-19(23)11-9-18/h8-11,17,20-21H,6-7,12-16H2,1-5H3,(H,24,25). The van der Waals surface area contributed by atoms with Gasteiger partial charge < -0.3 is 24.6 Å². The van der Waals surface area contributed by atoms with Crippen LogP contribution in [0, 0.1) is 5.82 Å². The molecule has 1 aliphatic heterocycles. The molecule has 0 saturated carbocycles. The molecule has 2 rings (SSSR count). The van der Waals surface area contributed by atoms with Gasteiger partial charge in [-0.3, -0.25) is 4.99 Å². The molecule has 1 heterocycles. The molecule has 6 nitrogen and oxygen atoms in total. The van der Waals surface area contributed by atoms with E-state index in [2.05, 4.69) is 43.1 Å². The van der Waals surface area contributed by atoms with Gasteiger partial charge in [0.2, 0.25) is 0 Å². The summed E-state index contributed by atoms with van der Waals surface area (Å²) >= 11 is 0. The van der Waals surface area contributed by atoms with Gasteiger partial charge in [-0.2, -0.15) is 0 Å². The number of ether oxygens (including phenoxy) is 2. The number of morpholine rings is 1. The summed E-state index contributed by atoms with van der Waals surface area (Å²) in [5.74, 6) is 0.647. The first-order valence-electron chi connectivity index (χ1n) is 10.6. The Morgan fingerprint density at radius 2 is 2.03 bits per heavy atom. The first-order valence-corrected chi connectivity index (χ1v) is 10.6. The van der Waals surface area contributed by atoms with Gasteiger partial charge in [-0.1, -0.05) is 12.1 Å². The van der Waals surface area contributed by atoms with Crippen LogP contribution in [0.25, 0.3) is 0 Å². The van der Waals surface area contributed by atoms with E-state index in [1.807, 2.05) is 6.92 Å². The predicted octanol–water partition coefficient (Wildman–Crippen LogP) is 2.91. The zero-order chi connectivity index (χ0) is 21.2. The summed E-state index contributed by atoms with van der Waals surface area (Å²) in [6.07, 6.45) is 0.989. The average Bonchev–Trinajstić information content (AvgIpc) is 2.69. The van der Waals surface area contributed by atoms with Crippen molar-refractivity contribution in [2.24, 2.45) is 4.99 Å². The van der Waals surface area contributed by atoms with Gasteiger partial charge in [0.1, 0.15) is 11.9 Å². The minimum absolute atomic E-state index is 0.0547. The van der Waals surface area contributed by atoms with E-state index in [1.165, 1.54) is 12.1 Å². The third-order valence-electron chi connectivity index (χ3n) is 4.88. The lowest BCUT2D eigenvalue weighted by atomic mass is 10.1.